The normalized spacial score (nSPS) is 41.1. The SMILES string of the molecule is CC[Si](CC)(CC)OC(COC)C1OC(=O)C(COC)C2C=CC3C4OC2(C(C)=CC1C)C3C(O)C(COC)C4O. The molecule has 41 heavy (non-hydrogen) atoms. The van der Waals surface area contributed by atoms with Crippen LogP contribution in [0.4, 0.5) is 0 Å². The molecule has 2 N–H and O–H groups in total. The first-order valence-corrected chi connectivity index (χ1v) is 17.9. The summed E-state index contributed by atoms with van der Waals surface area (Å²) in [6, 6.07) is 2.90. The van der Waals surface area contributed by atoms with E-state index in [1.807, 2.05) is 26.0 Å². The van der Waals surface area contributed by atoms with Gasteiger partial charge < -0.3 is 38.3 Å². The minimum absolute atomic E-state index is 0.128. The van der Waals surface area contributed by atoms with Gasteiger partial charge >= 0.3 is 5.97 Å². The Hall–Kier alpha value is -1.11. The van der Waals surface area contributed by atoms with Crippen LogP contribution in [-0.4, -0.2) is 102 Å². The summed E-state index contributed by atoms with van der Waals surface area (Å²) in [7, 11) is 2.73. The van der Waals surface area contributed by atoms with Crippen molar-refractivity contribution in [2.24, 2.45) is 35.5 Å². The van der Waals surface area contributed by atoms with Crippen molar-refractivity contribution in [2.45, 2.75) is 88.9 Å². The second kappa shape index (κ2) is 13.3. The largest absolute Gasteiger partial charge is 0.459 e. The molecule has 12 unspecified atom stereocenters. The van der Waals surface area contributed by atoms with Gasteiger partial charge in [0.1, 0.15) is 17.8 Å². The Balaban J connectivity index is 1.83. The van der Waals surface area contributed by atoms with Crippen LogP contribution in [0.3, 0.4) is 0 Å². The first kappa shape index (κ1) is 32.8. The molecule has 1 saturated heterocycles. The second-order valence-corrected chi connectivity index (χ2v) is 17.2. The lowest BCUT2D eigenvalue weighted by molar-refractivity contribution is -0.172. The number of hydrogen-bond donors (Lipinski definition) is 2. The summed E-state index contributed by atoms with van der Waals surface area (Å²) in [6.45, 7) is 11.3. The minimum Gasteiger partial charge on any atom is -0.459 e. The van der Waals surface area contributed by atoms with Gasteiger partial charge in [-0.05, 0) is 30.6 Å². The van der Waals surface area contributed by atoms with E-state index >= 15 is 0 Å². The third-order valence-electron chi connectivity index (χ3n) is 10.6. The molecule has 0 aromatic carbocycles. The first-order chi connectivity index (χ1) is 19.6. The second-order valence-electron chi connectivity index (χ2n) is 12.5. The Kier molecular flexibility index (Phi) is 10.6. The molecule has 9 nitrogen and oxygen atoms in total. The fraction of sp³-hybridized carbons (Fsp3) is 0.839. The maximum absolute atomic E-state index is 14.2. The zero-order valence-electron chi connectivity index (χ0n) is 26.1. The maximum Gasteiger partial charge on any atom is 0.312 e. The molecule has 0 aromatic heterocycles. The number of rotatable bonds is 12. The number of aliphatic hydroxyl groups is 2. The van der Waals surface area contributed by atoms with Crippen LogP contribution >= 0.6 is 0 Å². The van der Waals surface area contributed by atoms with Crippen molar-refractivity contribution in [1.29, 1.82) is 0 Å². The van der Waals surface area contributed by atoms with Gasteiger partial charge in [-0.15, -0.1) is 0 Å². The molecule has 4 bridgehead atoms. The Morgan fingerprint density at radius 1 is 1.00 bits per heavy atom. The number of cyclic esters (lactones) is 1. The Morgan fingerprint density at radius 3 is 2.24 bits per heavy atom. The summed E-state index contributed by atoms with van der Waals surface area (Å²) in [4.78, 5) is 14.2. The quantitative estimate of drug-likeness (QED) is 0.199. The smallest absolute Gasteiger partial charge is 0.312 e. The van der Waals surface area contributed by atoms with Crippen LogP contribution in [0.15, 0.2) is 23.8 Å². The monoisotopic (exact) mass is 596 g/mol. The van der Waals surface area contributed by atoms with Crippen LogP contribution in [0.2, 0.25) is 18.1 Å². The van der Waals surface area contributed by atoms with Gasteiger partial charge in [-0.25, -0.2) is 0 Å². The predicted molar refractivity (Wildman–Crippen MR) is 157 cm³/mol. The number of aliphatic hydroxyl groups excluding tert-OH is 2. The van der Waals surface area contributed by atoms with Gasteiger partial charge in [-0.2, -0.15) is 0 Å². The van der Waals surface area contributed by atoms with Crippen molar-refractivity contribution < 1.29 is 43.1 Å². The lowest BCUT2D eigenvalue weighted by Crippen LogP contribution is -2.59. The summed E-state index contributed by atoms with van der Waals surface area (Å²) in [5.41, 5.74) is -0.0863. The zero-order valence-corrected chi connectivity index (χ0v) is 27.1. The molecule has 1 saturated carbocycles. The summed E-state index contributed by atoms with van der Waals surface area (Å²) in [5, 5.41) is 23.1. The van der Waals surface area contributed by atoms with E-state index in [0.717, 1.165) is 23.7 Å². The molecule has 0 aromatic rings. The molecule has 0 amide bonds. The number of carbonyl (C=O) groups excluding carboxylic acids is 1. The van der Waals surface area contributed by atoms with Crippen LogP contribution in [-0.2, 0) is 32.9 Å². The highest BCUT2D eigenvalue weighted by Crippen LogP contribution is 2.61. The predicted octanol–water partition coefficient (Wildman–Crippen LogP) is 3.35. The van der Waals surface area contributed by atoms with Crippen molar-refractivity contribution >= 4 is 14.3 Å². The summed E-state index contributed by atoms with van der Waals surface area (Å²) in [5.74, 6) is -2.79. The van der Waals surface area contributed by atoms with E-state index in [1.54, 1.807) is 21.3 Å². The molecule has 4 aliphatic rings. The Morgan fingerprint density at radius 2 is 1.66 bits per heavy atom. The Labute approximate surface area is 246 Å². The average Bonchev–Trinajstić information content (AvgIpc) is 3.17. The van der Waals surface area contributed by atoms with Gasteiger partial charge in [0.2, 0.25) is 0 Å². The Bertz CT molecular complexity index is 959. The van der Waals surface area contributed by atoms with Crippen molar-refractivity contribution in [2.75, 3.05) is 41.2 Å². The number of esters is 1. The standard InChI is InChI=1S/C31H52O9Si/c1-9-41(10-2,11-3)40-24(17-37-8)28-18(4)14-19(5)31-23(21(15-35-6)30(34)38-28)13-12-20-25(31)26(32)22(16-36-7)27(33)29(20)39-31/h12-14,18,20-29,32-33H,9-11,15-17H2,1-8H3. The van der Waals surface area contributed by atoms with Crippen molar-refractivity contribution in [3.05, 3.63) is 23.8 Å². The van der Waals surface area contributed by atoms with E-state index in [0.29, 0.717) is 6.61 Å². The van der Waals surface area contributed by atoms with Gasteiger partial charge in [0.25, 0.3) is 0 Å². The molecule has 0 radical (unpaired) electrons. The van der Waals surface area contributed by atoms with Crippen molar-refractivity contribution in [1.82, 2.24) is 0 Å². The van der Waals surface area contributed by atoms with Gasteiger partial charge in [-0.1, -0.05) is 45.9 Å². The van der Waals surface area contributed by atoms with E-state index in [9.17, 15) is 15.0 Å². The maximum atomic E-state index is 14.2. The third kappa shape index (κ3) is 5.52. The molecule has 2 aliphatic heterocycles. The average molecular weight is 597 g/mol. The fourth-order valence-electron chi connectivity index (χ4n) is 8.27. The fourth-order valence-corrected chi connectivity index (χ4v) is 11.1. The number of methoxy groups -OCH3 is 3. The summed E-state index contributed by atoms with van der Waals surface area (Å²) < 4.78 is 36.9. The van der Waals surface area contributed by atoms with Gasteiger partial charge in [0.05, 0.1) is 44.1 Å². The number of carbonyl (C=O) groups is 1. The highest BCUT2D eigenvalue weighted by atomic mass is 28.4. The van der Waals surface area contributed by atoms with Crippen LogP contribution < -0.4 is 0 Å². The van der Waals surface area contributed by atoms with Crippen LogP contribution in [0, 0.1) is 35.5 Å². The lowest BCUT2D eigenvalue weighted by atomic mass is 9.56. The number of ether oxygens (including phenoxy) is 5. The van der Waals surface area contributed by atoms with Gasteiger partial charge in [-0.3, -0.25) is 4.79 Å². The topological polar surface area (TPSA) is 113 Å². The van der Waals surface area contributed by atoms with Crippen molar-refractivity contribution in [3.63, 3.8) is 0 Å². The van der Waals surface area contributed by atoms with Crippen LogP contribution in [0.1, 0.15) is 34.6 Å². The van der Waals surface area contributed by atoms with Crippen LogP contribution in [0.5, 0.6) is 0 Å². The number of hydrogen-bond acceptors (Lipinski definition) is 9. The molecular weight excluding hydrogens is 544 g/mol. The van der Waals surface area contributed by atoms with Crippen molar-refractivity contribution in [3.8, 4) is 0 Å². The first-order valence-electron chi connectivity index (χ1n) is 15.4. The molecule has 234 valence electrons. The molecular formula is C31H52O9Si. The van der Waals surface area contributed by atoms with E-state index in [1.165, 1.54) is 0 Å². The molecule has 2 aliphatic carbocycles. The van der Waals surface area contributed by atoms with Crippen LogP contribution in [0.25, 0.3) is 0 Å². The highest BCUT2D eigenvalue weighted by molar-refractivity contribution is 6.73. The van der Waals surface area contributed by atoms with E-state index < -0.39 is 62.2 Å². The molecule has 2 heterocycles. The van der Waals surface area contributed by atoms with E-state index in [4.69, 9.17) is 28.1 Å². The summed E-state index contributed by atoms with van der Waals surface area (Å²) in [6.07, 6.45) is 2.85. The molecule has 4 rings (SSSR count). The molecule has 1 spiro atoms. The third-order valence-corrected chi connectivity index (χ3v) is 15.3. The highest BCUT2D eigenvalue weighted by Gasteiger charge is 2.70. The minimum atomic E-state index is -2.07. The van der Waals surface area contributed by atoms with E-state index in [2.05, 4.69) is 26.8 Å². The zero-order chi connectivity index (χ0) is 30.1. The van der Waals surface area contributed by atoms with Gasteiger partial charge in [0, 0.05) is 50.9 Å². The summed E-state index contributed by atoms with van der Waals surface area (Å²) >= 11 is 0. The molecule has 10 heteroatoms. The molecule has 12 atom stereocenters. The molecule has 2 fully saturated rings. The lowest BCUT2D eigenvalue weighted by Gasteiger charge is -2.49. The van der Waals surface area contributed by atoms with E-state index in [-0.39, 0.29) is 36.9 Å². The van der Waals surface area contributed by atoms with Gasteiger partial charge in [0.15, 0.2) is 8.32 Å².